The Morgan fingerprint density at radius 3 is 2.23 bits per heavy atom. The second-order valence-corrected chi connectivity index (χ2v) is 2.69. The lowest BCUT2D eigenvalue weighted by Crippen LogP contribution is -2.06. The van der Waals surface area contributed by atoms with Gasteiger partial charge in [0.15, 0.2) is 11.6 Å². The maximum absolute atomic E-state index is 12.5. The van der Waals surface area contributed by atoms with Gasteiger partial charge in [0.25, 0.3) is 0 Å². The Morgan fingerprint density at radius 1 is 1.23 bits per heavy atom. The summed E-state index contributed by atoms with van der Waals surface area (Å²) in [7, 11) is 0. The van der Waals surface area contributed by atoms with Crippen molar-refractivity contribution in [3.63, 3.8) is 0 Å². The summed E-state index contributed by atoms with van der Waals surface area (Å²) in [6, 6.07) is 0.664. The van der Waals surface area contributed by atoms with E-state index in [0.717, 1.165) is 0 Å². The molecular weight excluding hydrogens is 212 g/mol. The van der Waals surface area contributed by atoms with Gasteiger partial charge in [0.1, 0.15) is 0 Å². The quantitative estimate of drug-likeness (QED) is 0.658. The Kier molecular flexibility index (Phi) is 2.38. The number of halogens is 5. The zero-order valence-electron chi connectivity index (χ0n) is 5.99. The second-order valence-electron chi connectivity index (χ2n) is 2.28. The number of phenols is 1. The molecule has 0 fully saturated rings. The minimum atomic E-state index is -4.72. The summed E-state index contributed by atoms with van der Waals surface area (Å²) in [5, 5.41) is 7.93. The van der Waals surface area contributed by atoms with Gasteiger partial charge in [-0.15, -0.1) is 0 Å². The van der Waals surface area contributed by atoms with Crippen molar-refractivity contribution in [2.24, 2.45) is 0 Å². The third-order valence-corrected chi connectivity index (χ3v) is 1.65. The molecule has 0 aliphatic rings. The molecule has 0 atom stereocenters. The molecular formula is C7H3ClF4O. The Balaban J connectivity index is 3.32. The van der Waals surface area contributed by atoms with Gasteiger partial charge in [0, 0.05) is 6.07 Å². The molecule has 72 valence electrons. The first-order valence-corrected chi connectivity index (χ1v) is 3.45. The average Bonchev–Trinajstić information content (AvgIpc) is 1.94. The SMILES string of the molecule is Oc1cc(Cl)c(C(F)(F)F)cc1F. The van der Waals surface area contributed by atoms with Gasteiger partial charge in [0.2, 0.25) is 0 Å². The molecule has 1 rings (SSSR count). The number of alkyl halides is 3. The van der Waals surface area contributed by atoms with Crippen LogP contribution in [0.2, 0.25) is 5.02 Å². The van der Waals surface area contributed by atoms with Crippen LogP contribution in [0.1, 0.15) is 5.56 Å². The average molecular weight is 215 g/mol. The number of hydrogen-bond acceptors (Lipinski definition) is 1. The third-order valence-electron chi connectivity index (χ3n) is 1.34. The van der Waals surface area contributed by atoms with Crippen molar-refractivity contribution in [3.8, 4) is 5.75 Å². The van der Waals surface area contributed by atoms with Gasteiger partial charge in [-0.05, 0) is 6.07 Å². The maximum atomic E-state index is 12.5. The molecule has 0 saturated carbocycles. The number of phenolic OH excluding ortho intramolecular Hbond substituents is 1. The van der Waals surface area contributed by atoms with Crippen molar-refractivity contribution in [2.75, 3.05) is 0 Å². The van der Waals surface area contributed by atoms with Gasteiger partial charge in [-0.1, -0.05) is 11.6 Å². The first kappa shape index (κ1) is 10.1. The van der Waals surface area contributed by atoms with E-state index in [4.69, 9.17) is 16.7 Å². The lowest BCUT2D eigenvalue weighted by molar-refractivity contribution is -0.137. The van der Waals surface area contributed by atoms with Crippen LogP contribution in [-0.2, 0) is 6.18 Å². The third kappa shape index (κ3) is 2.03. The topological polar surface area (TPSA) is 20.2 Å². The zero-order valence-corrected chi connectivity index (χ0v) is 6.75. The highest BCUT2D eigenvalue weighted by molar-refractivity contribution is 6.31. The largest absolute Gasteiger partial charge is 0.505 e. The zero-order chi connectivity index (χ0) is 10.2. The molecule has 1 aromatic rings. The molecule has 0 bridgehead atoms. The molecule has 1 nitrogen and oxygen atoms in total. The minimum Gasteiger partial charge on any atom is -0.505 e. The van der Waals surface area contributed by atoms with Crippen LogP contribution in [0.5, 0.6) is 5.75 Å². The van der Waals surface area contributed by atoms with Crippen molar-refractivity contribution in [3.05, 3.63) is 28.5 Å². The first-order chi connectivity index (χ1) is 5.82. The smallest absolute Gasteiger partial charge is 0.417 e. The first-order valence-electron chi connectivity index (χ1n) is 3.07. The Morgan fingerprint density at radius 2 is 1.77 bits per heavy atom. The van der Waals surface area contributed by atoms with Crippen molar-refractivity contribution >= 4 is 11.6 Å². The molecule has 0 unspecified atom stereocenters. The van der Waals surface area contributed by atoms with Crippen LogP contribution in [0.3, 0.4) is 0 Å². The fourth-order valence-corrected chi connectivity index (χ4v) is 1.02. The van der Waals surface area contributed by atoms with Gasteiger partial charge in [-0.25, -0.2) is 4.39 Å². The van der Waals surface area contributed by atoms with Gasteiger partial charge in [-0.2, -0.15) is 13.2 Å². The van der Waals surface area contributed by atoms with Crippen LogP contribution in [-0.4, -0.2) is 5.11 Å². The summed E-state index contributed by atoms with van der Waals surface area (Å²) in [5.74, 6) is -2.25. The maximum Gasteiger partial charge on any atom is 0.417 e. The van der Waals surface area contributed by atoms with E-state index >= 15 is 0 Å². The predicted molar refractivity (Wildman–Crippen MR) is 38.1 cm³/mol. The molecule has 0 spiro atoms. The lowest BCUT2D eigenvalue weighted by Gasteiger charge is -2.08. The molecule has 0 amide bonds. The van der Waals surface area contributed by atoms with E-state index in [1.165, 1.54) is 0 Å². The van der Waals surface area contributed by atoms with Crippen molar-refractivity contribution in [1.82, 2.24) is 0 Å². The lowest BCUT2D eigenvalue weighted by atomic mass is 10.2. The van der Waals surface area contributed by atoms with Crippen LogP contribution in [0.15, 0.2) is 12.1 Å². The van der Waals surface area contributed by atoms with E-state index in [1.54, 1.807) is 0 Å². The normalized spacial score (nSPS) is 11.8. The van der Waals surface area contributed by atoms with Crippen LogP contribution < -0.4 is 0 Å². The number of hydrogen-bond donors (Lipinski definition) is 1. The van der Waals surface area contributed by atoms with E-state index in [9.17, 15) is 17.6 Å². The number of benzene rings is 1. The molecule has 0 saturated heterocycles. The number of aromatic hydroxyl groups is 1. The molecule has 6 heteroatoms. The minimum absolute atomic E-state index is 0.150. The summed E-state index contributed by atoms with van der Waals surface area (Å²) in [6.07, 6.45) is -4.72. The van der Waals surface area contributed by atoms with Crippen molar-refractivity contribution in [2.45, 2.75) is 6.18 Å². The second kappa shape index (κ2) is 3.06. The molecule has 1 aromatic carbocycles. The predicted octanol–water partition coefficient (Wildman–Crippen LogP) is 3.20. The van der Waals surface area contributed by atoms with Crippen LogP contribution in [0, 0.1) is 5.82 Å². The van der Waals surface area contributed by atoms with E-state index in [2.05, 4.69) is 0 Å². The molecule has 13 heavy (non-hydrogen) atoms. The molecule has 0 aromatic heterocycles. The fraction of sp³-hybridized carbons (Fsp3) is 0.143. The van der Waals surface area contributed by atoms with Crippen LogP contribution in [0.4, 0.5) is 17.6 Å². The standard InChI is InChI=1S/C7H3ClF4O/c8-4-2-6(13)5(9)1-3(4)7(10,11)12/h1-2,13H. The highest BCUT2D eigenvalue weighted by atomic mass is 35.5. The van der Waals surface area contributed by atoms with Gasteiger partial charge < -0.3 is 5.11 Å². The van der Waals surface area contributed by atoms with Gasteiger partial charge >= 0.3 is 6.18 Å². The highest BCUT2D eigenvalue weighted by Crippen LogP contribution is 2.37. The summed E-state index contributed by atoms with van der Waals surface area (Å²) in [6.45, 7) is 0. The van der Waals surface area contributed by atoms with Gasteiger partial charge in [0.05, 0.1) is 10.6 Å². The molecule has 0 aliphatic heterocycles. The summed E-state index contributed by atoms with van der Waals surface area (Å²) < 4.78 is 48.6. The summed E-state index contributed by atoms with van der Waals surface area (Å²) >= 11 is 5.14. The van der Waals surface area contributed by atoms with Crippen LogP contribution >= 0.6 is 11.6 Å². The Labute approximate surface area is 75.6 Å². The molecule has 0 radical (unpaired) electrons. The molecule has 0 aliphatic carbocycles. The summed E-state index contributed by atoms with van der Waals surface area (Å²) in [5.41, 5.74) is -1.30. The van der Waals surface area contributed by atoms with Crippen molar-refractivity contribution < 1.29 is 22.7 Å². The van der Waals surface area contributed by atoms with E-state index in [0.29, 0.717) is 6.07 Å². The molecule has 1 N–H and O–H groups in total. The van der Waals surface area contributed by atoms with Crippen LogP contribution in [0.25, 0.3) is 0 Å². The Bertz CT molecular complexity index is 334. The summed E-state index contributed by atoms with van der Waals surface area (Å²) in [4.78, 5) is 0. The monoisotopic (exact) mass is 214 g/mol. The van der Waals surface area contributed by atoms with Gasteiger partial charge in [-0.3, -0.25) is 0 Å². The fourth-order valence-electron chi connectivity index (χ4n) is 0.754. The highest BCUT2D eigenvalue weighted by Gasteiger charge is 2.34. The van der Waals surface area contributed by atoms with E-state index in [-0.39, 0.29) is 6.07 Å². The molecule has 0 heterocycles. The van der Waals surface area contributed by atoms with Crippen molar-refractivity contribution in [1.29, 1.82) is 0 Å². The number of rotatable bonds is 0. The van der Waals surface area contributed by atoms with E-state index < -0.39 is 28.3 Å². The van der Waals surface area contributed by atoms with E-state index in [1.807, 2.05) is 0 Å². The Hall–Kier alpha value is -0.970.